The zero-order chi connectivity index (χ0) is 21.6. The average molecular weight is 482 g/mol. The van der Waals surface area contributed by atoms with Crippen molar-refractivity contribution < 1.29 is 14.3 Å². The molecule has 0 fully saturated rings. The van der Waals surface area contributed by atoms with Gasteiger partial charge in [-0.15, -0.1) is 0 Å². The largest absolute Gasteiger partial charge is 0.484 e. The van der Waals surface area contributed by atoms with Crippen molar-refractivity contribution in [2.45, 2.75) is 45.8 Å². The van der Waals surface area contributed by atoms with E-state index in [-0.39, 0.29) is 25.0 Å². The molecule has 0 radical (unpaired) electrons. The van der Waals surface area contributed by atoms with Gasteiger partial charge in [-0.1, -0.05) is 45.7 Å². The lowest BCUT2D eigenvalue weighted by Crippen LogP contribution is -2.53. The third-order valence-corrected chi connectivity index (χ3v) is 4.79. The Morgan fingerprint density at radius 3 is 2.48 bits per heavy atom. The normalized spacial score (nSPS) is 12.2. The summed E-state index contributed by atoms with van der Waals surface area (Å²) in [5.74, 6) is -0.00911. The van der Waals surface area contributed by atoms with E-state index in [1.807, 2.05) is 45.0 Å². The molecule has 5 nitrogen and oxygen atoms in total. The molecule has 0 aliphatic rings. The SMILES string of the molecule is CC(C(=O)NC(C)(C)C)N(Cc1cccc(Br)c1)C(=O)COc1cccc(Cl)c1. The number of hydrogen-bond donors (Lipinski definition) is 1. The number of nitrogens with one attached hydrogen (secondary N) is 1. The van der Waals surface area contributed by atoms with Crippen molar-refractivity contribution in [1.82, 2.24) is 10.2 Å². The summed E-state index contributed by atoms with van der Waals surface area (Å²) in [4.78, 5) is 27.2. The van der Waals surface area contributed by atoms with Gasteiger partial charge in [0.25, 0.3) is 5.91 Å². The van der Waals surface area contributed by atoms with Gasteiger partial charge in [-0.25, -0.2) is 0 Å². The summed E-state index contributed by atoms with van der Waals surface area (Å²) < 4.78 is 6.51. The summed E-state index contributed by atoms with van der Waals surface area (Å²) in [5, 5.41) is 3.46. The van der Waals surface area contributed by atoms with E-state index in [9.17, 15) is 9.59 Å². The number of carbonyl (C=O) groups is 2. The second-order valence-corrected chi connectivity index (χ2v) is 9.16. The van der Waals surface area contributed by atoms with Crippen molar-refractivity contribution in [1.29, 1.82) is 0 Å². The Morgan fingerprint density at radius 2 is 1.86 bits per heavy atom. The maximum absolute atomic E-state index is 13.0. The van der Waals surface area contributed by atoms with Crippen LogP contribution in [0.4, 0.5) is 0 Å². The Balaban J connectivity index is 2.18. The van der Waals surface area contributed by atoms with Gasteiger partial charge in [0.2, 0.25) is 5.91 Å². The molecule has 0 saturated heterocycles. The van der Waals surface area contributed by atoms with Crippen LogP contribution in [0, 0.1) is 0 Å². The van der Waals surface area contributed by atoms with Gasteiger partial charge in [0.05, 0.1) is 0 Å². The highest BCUT2D eigenvalue weighted by Crippen LogP contribution is 2.19. The van der Waals surface area contributed by atoms with Gasteiger partial charge in [0, 0.05) is 21.6 Å². The Bertz CT molecular complexity index is 867. The number of nitrogens with zero attached hydrogens (tertiary/aromatic N) is 1. The monoisotopic (exact) mass is 480 g/mol. The molecule has 0 aliphatic heterocycles. The molecule has 156 valence electrons. The van der Waals surface area contributed by atoms with E-state index in [0.29, 0.717) is 10.8 Å². The van der Waals surface area contributed by atoms with E-state index < -0.39 is 11.6 Å². The molecule has 0 heterocycles. The highest BCUT2D eigenvalue weighted by atomic mass is 79.9. The molecule has 2 rings (SSSR count). The van der Waals surface area contributed by atoms with Crippen LogP contribution in [0.15, 0.2) is 53.0 Å². The Labute approximate surface area is 185 Å². The van der Waals surface area contributed by atoms with Gasteiger partial charge in [-0.3, -0.25) is 9.59 Å². The van der Waals surface area contributed by atoms with Crippen LogP contribution in [0.25, 0.3) is 0 Å². The van der Waals surface area contributed by atoms with E-state index >= 15 is 0 Å². The number of carbonyl (C=O) groups excluding carboxylic acids is 2. The summed E-state index contributed by atoms with van der Waals surface area (Å²) in [6.07, 6.45) is 0. The molecule has 0 bridgehead atoms. The minimum absolute atomic E-state index is 0.193. The van der Waals surface area contributed by atoms with Crippen LogP contribution in [0.5, 0.6) is 5.75 Å². The van der Waals surface area contributed by atoms with Gasteiger partial charge in [0.15, 0.2) is 6.61 Å². The molecule has 7 heteroatoms. The first-order valence-electron chi connectivity index (χ1n) is 9.29. The lowest BCUT2D eigenvalue weighted by Gasteiger charge is -2.31. The minimum Gasteiger partial charge on any atom is -0.484 e. The number of hydrogen-bond acceptors (Lipinski definition) is 3. The number of ether oxygens (including phenoxy) is 1. The smallest absolute Gasteiger partial charge is 0.261 e. The zero-order valence-corrected chi connectivity index (χ0v) is 19.4. The fraction of sp³-hybridized carbons (Fsp3) is 0.364. The highest BCUT2D eigenvalue weighted by molar-refractivity contribution is 9.10. The summed E-state index contributed by atoms with van der Waals surface area (Å²) in [7, 11) is 0. The number of rotatable bonds is 7. The molecule has 2 aromatic carbocycles. The number of halogens is 2. The molecule has 1 unspecified atom stereocenters. The summed E-state index contributed by atoms with van der Waals surface area (Å²) in [6.45, 7) is 7.52. The molecule has 2 amide bonds. The topological polar surface area (TPSA) is 58.6 Å². The molecule has 1 atom stereocenters. The van der Waals surface area contributed by atoms with Crippen LogP contribution in [0.2, 0.25) is 5.02 Å². The van der Waals surface area contributed by atoms with Crippen molar-refractivity contribution >= 4 is 39.3 Å². The lowest BCUT2D eigenvalue weighted by molar-refractivity contribution is -0.142. The van der Waals surface area contributed by atoms with Crippen LogP contribution in [-0.4, -0.2) is 34.9 Å². The van der Waals surface area contributed by atoms with E-state index in [0.717, 1.165) is 10.0 Å². The second-order valence-electron chi connectivity index (χ2n) is 7.81. The Kier molecular flexibility index (Phi) is 8.11. The minimum atomic E-state index is -0.663. The van der Waals surface area contributed by atoms with Crippen molar-refractivity contribution in [3.63, 3.8) is 0 Å². The predicted octanol–water partition coefficient (Wildman–Crippen LogP) is 4.81. The Hall–Kier alpha value is -2.05. The highest BCUT2D eigenvalue weighted by Gasteiger charge is 2.28. The standard InChI is InChI=1S/C22H26BrClN2O3/c1-15(21(28)25-22(2,3)4)26(13-16-7-5-8-17(23)11-16)20(27)14-29-19-10-6-9-18(24)12-19/h5-12,15H,13-14H2,1-4H3,(H,25,28). The zero-order valence-electron chi connectivity index (χ0n) is 17.0. The Morgan fingerprint density at radius 1 is 1.17 bits per heavy atom. The molecule has 0 aliphatic carbocycles. The van der Waals surface area contributed by atoms with E-state index in [1.54, 1.807) is 31.2 Å². The van der Waals surface area contributed by atoms with Crippen LogP contribution < -0.4 is 10.1 Å². The third kappa shape index (κ3) is 7.71. The molecule has 0 saturated carbocycles. The first kappa shape index (κ1) is 23.2. The molecular formula is C22H26BrClN2O3. The second kappa shape index (κ2) is 10.1. The van der Waals surface area contributed by atoms with Gasteiger partial charge >= 0.3 is 0 Å². The molecule has 1 N–H and O–H groups in total. The fourth-order valence-electron chi connectivity index (χ4n) is 2.67. The van der Waals surface area contributed by atoms with Gasteiger partial charge in [0.1, 0.15) is 11.8 Å². The molecule has 2 aromatic rings. The maximum Gasteiger partial charge on any atom is 0.261 e. The molecule has 29 heavy (non-hydrogen) atoms. The lowest BCUT2D eigenvalue weighted by atomic mass is 10.1. The van der Waals surface area contributed by atoms with Gasteiger partial charge in [-0.05, 0) is 63.6 Å². The van der Waals surface area contributed by atoms with Gasteiger partial charge < -0.3 is 15.0 Å². The van der Waals surface area contributed by atoms with E-state index in [4.69, 9.17) is 16.3 Å². The summed E-state index contributed by atoms with van der Waals surface area (Å²) in [5.41, 5.74) is 0.513. The van der Waals surface area contributed by atoms with Crippen molar-refractivity contribution in [3.05, 3.63) is 63.6 Å². The summed E-state index contributed by atoms with van der Waals surface area (Å²) in [6, 6.07) is 13.8. The quantitative estimate of drug-likeness (QED) is 0.617. The number of benzene rings is 2. The van der Waals surface area contributed by atoms with Crippen molar-refractivity contribution in [2.24, 2.45) is 0 Å². The van der Waals surface area contributed by atoms with Crippen LogP contribution in [-0.2, 0) is 16.1 Å². The van der Waals surface area contributed by atoms with E-state index in [2.05, 4.69) is 21.2 Å². The van der Waals surface area contributed by atoms with Crippen LogP contribution in [0.1, 0.15) is 33.3 Å². The predicted molar refractivity (Wildman–Crippen MR) is 119 cm³/mol. The fourth-order valence-corrected chi connectivity index (χ4v) is 3.30. The van der Waals surface area contributed by atoms with Gasteiger partial charge in [-0.2, -0.15) is 0 Å². The van der Waals surface area contributed by atoms with Crippen molar-refractivity contribution in [3.8, 4) is 5.75 Å². The average Bonchev–Trinajstić information content (AvgIpc) is 2.62. The molecule has 0 spiro atoms. The van der Waals surface area contributed by atoms with E-state index in [1.165, 1.54) is 4.90 Å². The molecular weight excluding hydrogens is 456 g/mol. The first-order valence-corrected chi connectivity index (χ1v) is 10.5. The summed E-state index contributed by atoms with van der Waals surface area (Å²) >= 11 is 9.41. The van der Waals surface area contributed by atoms with Crippen molar-refractivity contribution in [2.75, 3.05) is 6.61 Å². The third-order valence-electron chi connectivity index (χ3n) is 4.07. The number of amides is 2. The van der Waals surface area contributed by atoms with Crippen LogP contribution in [0.3, 0.4) is 0 Å². The first-order chi connectivity index (χ1) is 13.5. The maximum atomic E-state index is 13.0. The van der Waals surface area contributed by atoms with Crippen LogP contribution >= 0.6 is 27.5 Å². The molecule has 0 aromatic heterocycles.